The number of nitrogens with one attached hydrogen (secondary N) is 1. The van der Waals surface area contributed by atoms with E-state index in [1.165, 1.54) is 6.07 Å². The Morgan fingerprint density at radius 3 is 2.19 bits per heavy atom. The summed E-state index contributed by atoms with van der Waals surface area (Å²) in [7, 11) is 0. The van der Waals surface area contributed by atoms with E-state index in [2.05, 4.69) is 10.3 Å². The lowest BCUT2D eigenvalue weighted by Crippen LogP contribution is -2.16. The quantitative estimate of drug-likeness (QED) is 0.766. The number of aryl methyl sites for hydroxylation is 1. The molecular formula is C15H16N4O2. The molecule has 2 rings (SSSR count). The third kappa shape index (κ3) is 3.79. The van der Waals surface area contributed by atoms with Crippen molar-refractivity contribution in [3.63, 3.8) is 0 Å². The first kappa shape index (κ1) is 14.5. The van der Waals surface area contributed by atoms with E-state index in [9.17, 15) is 9.59 Å². The van der Waals surface area contributed by atoms with E-state index in [0.717, 1.165) is 11.3 Å². The van der Waals surface area contributed by atoms with Gasteiger partial charge in [0, 0.05) is 23.0 Å². The minimum absolute atomic E-state index is 0.227. The van der Waals surface area contributed by atoms with Gasteiger partial charge in [-0.25, -0.2) is 0 Å². The van der Waals surface area contributed by atoms with Gasteiger partial charge in [0.2, 0.25) is 11.8 Å². The van der Waals surface area contributed by atoms with Crippen molar-refractivity contribution in [3.8, 4) is 0 Å². The molecule has 0 bridgehead atoms. The highest BCUT2D eigenvalue weighted by molar-refractivity contribution is 5.99. The van der Waals surface area contributed by atoms with Gasteiger partial charge in [-0.1, -0.05) is 6.07 Å². The number of aromatic nitrogens is 1. The number of hydrogen-bond donors (Lipinski definition) is 3. The fourth-order valence-electron chi connectivity index (χ4n) is 1.81. The number of carbonyl (C=O) groups is 2. The molecule has 6 heteroatoms. The van der Waals surface area contributed by atoms with Crippen molar-refractivity contribution in [3.05, 3.63) is 58.9 Å². The summed E-state index contributed by atoms with van der Waals surface area (Å²) in [6.07, 6.45) is 1.77. The molecule has 0 aliphatic carbocycles. The number of primary amides is 2. The summed E-state index contributed by atoms with van der Waals surface area (Å²) < 4.78 is 0. The molecule has 1 aromatic heterocycles. The van der Waals surface area contributed by atoms with Gasteiger partial charge >= 0.3 is 0 Å². The molecule has 0 aliphatic heterocycles. The standard InChI is InChI=1S/C15H16N4O2/c1-9-2-3-12(18-7-9)8-19-13-5-10(14(16)20)4-11(6-13)15(17)21/h2-7,19H,8H2,1H3,(H2,16,20)(H2,17,21). The minimum atomic E-state index is -0.616. The Bertz CT molecular complexity index is 648. The summed E-state index contributed by atoms with van der Waals surface area (Å²) in [6, 6.07) is 8.37. The van der Waals surface area contributed by atoms with Crippen molar-refractivity contribution in [2.75, 3.05) is 5.32 Å². The number of nitrogens with two attached hydrogens (primary N) is 2. The molecule has 0 aliphatic rings. The van der Waals surface area contributed by atoms with Crippen LogP contribution >= 0.6 is 0 Å². The summed E-state index contributed by atoms with van der Waals surface area (Å²) >= 11 is 0. The van der Waals surface area contributed by atoms with Gasteiger partial charge in [-0.2, -0.15) is 0 Å². The molecule has 108 valence electrons. The maximum absolute atomic E-state index is 11.3. The molecule has 1 heterocycles. The van der Waals surface area contributed by atoms with Crippen LogP contribution in [0.25, 0.3) is 0 Å². The van der Waals surface area contributed by atoms with Crippen LogP contribution < -0.4 is 16.8 Å². The minimum Gasteiger partial charge on any atom is -0.379 e. The lowest BCUT2D eigenvalue weighted by Gasteiger charge is -2.09. The fraction of sp³-hybridized carbons (Fsp3) is 0.133. The maximum Gasteiger partial charge on any atom is 0.248 e. The van der Waals surface area contributed by atoms with Gasteiger partial charge in [-0.15, -0.1) is 0 Å². The molecule has 2 aromatic rings. The van der Waals surface area contributed by atoms with Crippen LogP contribution in [0.2, 0.25) is 0 Å². The van der Waals surface area contributed by atoms with Crippen molar-refractivity contribution in [2.45, 2.75) is 13.5 Å². The first-order valence-corrected chi connectivity index (χ1v) is 6.36. The van der Waals surface area contributed by atoms with Crippen molar-refractivity contribution >= 4 is 17.5 Å². The molecule has 6 nitrogen and oxygen atoms in total. The van der Waals surface area contributed by atoms with Crippen LogP contribution in [0.5, 0.6) is 0 Å². The number of amides is 2. The topological polar surface area (TPSA) is 111 Å². The normalized spacial score (nSPS) is 10.1. The zero-order valence-electron chi connectivity index (χ0n) is 11.6. The van der Waals surface area contributed by atoms with E-state index in [-0.39, 0.29) is 11.1 Å². The molecule has 1 aromatic carbocycles. The number of hydrogen-bond acceptors (Lipinski definition) is 4. The Hall–Kier alpha value is -2.89. The van der Waals surface area contributed by atoms with Gasteiger partial charge in [0.1, 0.15) is 0 Å². The molecular weight excluding hydrogens is 268 g/mol. The van der Waals surface area contributed by atoms with Gasteiger partial charge in [0.25, 0.3) is 0 Å². The summed E-state index contributed by atoms with van der Waals surface area (Å²) in [5.74, 6) is -1.23. The SMILES string of the molecule is Cc1ccc(CNc2cc(C(N)=O)cc(C(N)=O)c2)nc1. The third-order valence-corrected chi connectivity index (χ3v) is 2.95. The molecule has 2 amide bonds. The number of benzene rings is 1. The molecule has 0 unspecified atom stereocenters. The first-order chi connectivity index (χ1) is 9.95. The Morgan fingerprint density at radius 2 is 1.71 bits per heavy atom. The van der Waals surface area contributed by atoms with Crippen LogP contribution in [0, 0.1) is 6.92 Å². The molecule has 0 saturated heterocycles. The molecule has 0 atom stereocenters. The lowest BCUT2D eigenvalue weighted by molar-refractivity contribution is 0.0999. The fourth-order valence-corrected chi connectivity index (χ4v) is 1.81. The van der Waals surface area contributed by atoms with Gasteiger partial charge in [-0.3, -0.25) is 14.6 Å². The summed E-state index contributed by atoms with van der Waals surface area (Å²) in [5.41, 5.74) is 13.4. The van der Waals surface area contributed by atoms with Gasteiger partial charge in [0.15, 0.2) is 0 Å². The second-order valence-corrected chi connectivity index (χ2v) is 4.71. The van der Waals surface area contributed by atoms with Crippen molar-refractivity contribution in [1.82, 2.24) is 4.98 Å². The Labute approximate surface area is 122 Å². The summed E-state index contributed by atoms with van der Waals surface area (Å²) in [5, 5.41) is 3.09. The summed E-state index contributed by atoms with van der Waals surface area (Å²) in [6.45, 7) is 2.42. The highest BCUT2D eigenvalue weighted by Gasteiger charge is 2.09. The van der Waals surface area contributed by atoms with E-state index >= 15 is 0 Å². The van der Waals surface area contributed by atoms with Crippen LogP contribution in [0.4, 0.5) is 5.69 Å². The van der Waals surface area contributed by atoms with Gasteiger partial charge < -0.3 is 16.8 Å². The highest BCUT2D eigenvalue weighted by atomic mass is 16.1. The third-order valence-electron chi connectivity index (χ3n) is 2.95. The van der Waals surface area contributed by atoms with Crippen LogP contribution in [-0.2, 0) is 6.54 Å². The largest absolute Gasteiger partial charge is 0.379 e. The number of pyridine rings is 1. The first-order valence-electron chi connectivity index (χ1n) is 6.36. The second kappa shape index (κ2) is 6.04. The van der Waals surface area contributed by atoms with E-state index in [1.807, 2.05) is 19.1 Å². The van der Waals surface area contributed by atoms with E-state index < -0.39 is 11.8 Å². The highest BCUT2D eigenvalue weighted by Crippen LogP contribution is 2.15. The zero-order chi connectivity index (χ0) is 15.4. The average Bonchev–Trinajstić information content (AvgIpc) is 2.46. The van der Waals surface area contributed by atoms with E-state index in [4.69, 9.17) is 11.5 Å². The maximum atomic E-state index is 11.3. The monoisotopic (exact) mass is 284 g/mol. The predicted octanol–water partition coefficient (Wildman–Crippen LogP) is 1.20. The van der Waals surface area contributed by atoms with Crippen LogP contribution in [0.1, 0.15) is 32.0 Å². The number of nitrogens with zero attached hydrogens (tertiary/aromatic N) is 1. The van der Waals surface area contributed by atoms with Crippen LogP contribution in [0.3, 0.4) is 0 Å². The molecule has 5 N–H and O–H groups in total. The van der Waals surface area contributed by atoms with Gasteiger partial charge in [0.05, 0.1) is 12.2 Å². The molecule has 0 spiro atoms. The van der Waals surface area contributed by atoms with E-state index in [0.29, 0.717) is 12.2 Å². The van der Waals surface area contributed by atoms with Crippen molar-refractivity contribution in [2.24, 2.45) is 11.5 Å². The molecule has 0 saturated carbocycles. The lowest BCUT2D eigenvalue weighted by atomic mass is 10.1. The smallest absolute Gasteiger partial charge is 0.248 e. The average molecular weight is 284 g/mol. The zero-order valence-corrected chi connectivity index (χ0v) is 11.6. The number of carbonyl (C=O) groups excluding carboxylic acids is 2. The molecule has 0 fully saturated rings. The van der Waals surface area contributed by atoms with Crippen molar-refractivity contribution < 1.29 is 9.59 Å². The molecule has 0 radical (unpaired) electrons. The number of rotatable bonds is 5. The summed E-state index contributed by atoms with van der Waals surface area (Å²) in [4.78, 5) is 26.8. The Kier molecular flexibility index (Phi) is 4.18. The molecule has 21 heavy (non-hydrogen) atoms. The Balaban J connectivity index is 2.20. The van der Waals surface area contributed by atoms with Gasteiger partial charge in [-0.05, 0) is 36.8 Å². The van der Waals surface area contributed by atoms with Crippen LogP contribution in [-0.4, -0.2) is 16.8 Å². The predicted molar refractivity (Wildman–Crippen MR) is 79.8 cm³/mol. The van der Waals surface area contributed by atoms with Crippen LogP contribution in [0.15, 0.2) is 36.5 Å². The van der Waals surface area contributed by atoms with Crippen molar-refractivity contribution in [1.29, 1.82) is 0 Å². The van der Waals surface area contributed by atoms with E-state index in [1.54, 1.807) is 18.3 Å². The second-order valence-electron chi connectivity index (χ2n) is 4.71. The Morgan fingerprint density at radius 1 is 1.10 bits per heavy atom. The number of anilines is 1.